The molecule has 5 nitrogen and oxygen atoms in total. The van der Waals surface area contributed by atoms with Crippen molar-refractivity contribution in [3.8, 4) is 11.1 Å². The van der Waals surface area contributed by atoms with Crippen LogP contribution < -0.4 is 10.2 Å². The highest BCUT2D eigenvalue weighted by molar-refractivity contribution is 6.27. The van der Waals surface area contributed by atoms with Gasteiger partial charge in [0.15, 0.2) is 0 Å². The fourth-order valence-corrected chi connectivity index (χ4v) is 4.63. The molecule has 1 heterocycles. The van der Waals surface area contributed by atoms with Gasteiger partial charge in [-0.3, -0.25) is 4.79 Å². The highest BCUT2D eigenvalue weighted by Gasteiger charge is 2.27. The molecule has 0 saturated heterocycles. The van der Waals surface area contributed by atoms with Crippen LogP contribution >= 0.6 is 0 Å². The summed E-state index contributed by atoms with van der Waals surface area (Å²) in [6.07, 6.45) is 0.0227. The molecular weight excluding hydrogens is 460 g/mol. The fourth-order valence-electron chi connectivity index (χ4n) is 4.63. The molecule has 0 aliphatic carbocycles. The number of anilines is 1. The zero-order valence-corrected chi connectivity index (χ0v) is 20.7. The van der Waals surface area contributed by atoms with Gasteiger partial charge in [0.25, 0.3) is 5.91 Å². The van der Waals surface area contributed by atoms with E-state index in [0.717, 1.165) is 39.1 Å². The molecule has 1 aliphatic rings. The summed E-state index contributed by atoms with van der Waals surface area (Å²) in [6, 6.07) is 35.6. The highest BCUT2D eigenvalue weighted by Crippen LogP contribution is 2.33. The molecule has 1 N–H and O–H groups in total. The molecule has 1 aliphatic heterocycles. The van der Waals surface area contributed by atoms with E-state index in [9.17, 15) is 9.59 Å². The zero-order valence-electron chi connectivity index (χ0n) is 20.7. The Labute approximate surface area is 217 Å². The summed E-state index contributed by atoms with van der Waals surface area (Å²) >= 11 is 0. The molecule has 0 bridgehead atoms. The fraction of sp³-hybridized carbons (Fsp3) is 0.125. The van der Waals surface area contributed by atoms with Gasteiger partial charge in [-0.05, 0) is 45.9 Å². The number of rotatable bonds is 6. The second-order valence-corrected chi connectivity index (χ2v) is 9.01. The van der Waals surface area contributed by atoms with Crippen LogP contribution in [0.3, 0.4) is 0 Å². The van der Waals surface area contributed by atoms with E-state index in [1.807, 2.05) is 97.1 Å². The number of amides is 2. The minimum Gasteiger partial charge on any atom is -0.445 e. The average molecular weight is 489 g/mol. The Hall–Kier alpha value is -4.64. The van der Waals surface area contributed by atoms with Gasteiger partial charge in [0.2, 0.25) is 0 Å². The first-order valence-electron chi connectivity index (χ1n) is 12.3. The van der Waals surface area contributed by atoms with Gasteiger partial charge in [0.05, 0.1) is 0 Å². The van der Waals surface area contributed by atoms with Crippen molar-refractivity contribution in [2.75, 3.05) is 18.5 Å². The number of nitrogens with zero attached hydrogens (tertiary/aromatic N) is 1. The third-order valence-corrected chi connectivity index (χ3v) is 6.57. The number of likely N-dealkylation sites (N-methyl/N-ethyl adjacent to an activating group) is 1. The van der Waals surface area contributed by atoms with Crippen LogP contribution in [0.4, 0.5) is 10.5 Å². The second kappa shape index (κ2) is 11.0. The largest absolute Gasteiger partial charge is 0.445 e. The number of hydrogen-bond acceptors (Lipinski definition) is 3. The topological polar surface area (TPSA) is 58.6 Å². The van der Waals surface area contributed by atoms with Gasteiger partial charge in [-0.2, -0.15) is 0 Å². The van der Waals surface area contributed by atoms with Gasteiger partial charge in [0.1, 0.15) is 6.61 Å². The standard InChI is InChI=1S/C32H28N2O3/c1-34-29-15-9-8-14-27(29)20-28(21-33-32(36)37-22-23-10-4-2-5-11-23)30(31(34)35)26-18-16-25(17-19-26)24-12-6-3-7-13-24/h2-19H,20-22H2,1H3,(H,33,36). The van der Waals surface area contributed by atoms with E-state index >= 15 is 0 Å². The number of benzene rings is 4. The van der Waals surface area contributed by atoms with Crippen molar-refractivity contribution < 1.29 is 14.3 Å². The van der Waals surface area contributed by atoms with Crippen LogP contribution in [0.5, 0.6) is 0 Å². The molecule has 4 aromatic rings. The van der Waals surface area contributed by atoms with E-state index < -0.39 is 6.09 Å². The molecular formula is C32H28N2O3. The number of nitrogens with one attached hydrogen (secondary N) is 1. The number of ether oxygens (including phenoxy) is 1. The lowest BCUT2D eigenvalue weighted by molar-refractivity contribution is -0.113. The number of carbonyl (C=O) groups excluding carboxylic acids is 2. The zero-order chi connectivity index (χ0) is 25.6. The van der Waals surface area contributed by atoms with Crippen molar-refractivity contribution >= 4 is 23.3 Å². The average Bonchev–Trinajstić information content (AvgIpc) is 3.06. The molecule has 37 heavy (non-hydrogen) atoms. The lowest BCUT2D eigenvalue weighted by atomic mass is 9.94. The monoisotopic (exact) mass is 488 g/mol. The summed E-state index contributed by atoms with van der Waals surface area (Å²) in [4.78, 5) is 28.0. The summed E-state index contributed by atoms with van der Waals surface area (Å²) in [5.41, 5.74) is 7.26. The van der Waals surface area contributed by atoms with E-state index in [1.54, 1.807) is 11.9 Å². The molecule has 5 heteroatoms. The Morgan fingerprint density at radius 1 is 0.784 bits per heavy atom. The van der Waals surface area contributed by atoms with Gasteiger partial charge >= 0.3 is 6.09 Å². The van der Waals surface area contributed by atoms with Gasteiger partial charge in [-0.25, -0.2) is 4.79 Å². The Bertz CT molecular complexity index is 1430. The van der Waals surface area contributed by atoms with Crippen molar-refractivity contribution in [3.63, 3.8) is 0 Å². The minimum absolute atomic E-state index is 0.105. The van der Waals surface area contributed by atoms with Crippen molar-refractivity contribution in [1.29, 1.82) is 0 Å². The predicted octanol–water partition coefficient (Wildman–Crippen LogP) is 6.25. The molecule has 0 unspecified atom stereocenters. The van der Waals surface area contributed by atoms with E-state index in [0.29, 0.717) is 12.0 Å². The van der Waals surface area contributed by atoms with Crippen LogP contribution in [0.2, 0.25) is 0 Å². The molecule has 184 valence electrons. The first-order valence-corrected chi connectivity index (χ1v) is 12.3. The van der Waals surface area contributed by atoms with Gasteiger partial charge in [-0.15, -0.1) is 0 Å². The van der Waals surface area contributed by atoms with Crippen LogP contribution in [0.1, 0.15) is 16.7 Å². The molecule has 0 spiro atoms. The number of carbonyl (C=O) groups is 2. The maximum absolute atomic E-state index is 13.8. The number of hydrogen-bond donors (Lipinski definition) is 1. The maximum Gasteiger partial charge on any atom is 0.407 e. The number of alkyl carbamates (subject to hydrolysis) is 1. The van der Waals surface area contributed by atoms with Crippen molar-refractivity contribution in [2.45, 2.75) is 13.0 Å². The smallest absolute Gasteiger partial charge is 0.407 e. The molecule has 2 amide bonds. The van der Waals surface area contributed by atoms with Gasteiger partial charge in [-0.1, -0.05) is 103 Å². The first kappa shape index (κ1) is 24.1. The lowest BCUT2D eigenvalue weighted by Crippen LogP contribution is -2.30. The van der Waals surface area contributed by atoms with Gasteiger partial charge < -0.3 is 15.0 Å². The van der Waals surface area contributed by atoms with E-state index in [2.05, 4.69) is 17.4 Å². The Morgan fingerprint density at radius 3 is 2.11 bits per heavy atom. The molecule has 0 saturated carbocycles. The third-order valence-electron chi connectivity index (χ3n) is 6.57. The van der Waals surface area contributed by atoms with E-state index in [-0.39, 0.29) is 19.1 Å². The number of para-hydroxylation sites is 1. The van der Waals surface area contributed by atoms with E-state index in [4.69, 9.17) is 4.74 Å². The minimum atomic E-state index is -0.520. The molecule has 5 rings (SSSR count). The molecule has 0 aromatic heterocycles. The third kappa shape index (κ3) is 5.46. The predicted molar refractivity (Wildman–Crippen MR) is 147 cm³/mol. The molecule has 0 fully saturated rings. The van der Waals surface area contributed by atoms with Crippen LogP contribution in [-0.2, 0) is 22.6 Å². The Kier molecular flexibility index (Phi) is 7.13. The second-order valence-electron chi connectivity index (χ2n) is 9.01. The summed E-state index contributed by atoms with van der Waals surface area (Å²) in [5.74, 6) is -0.105. The lowest BCUT2D eigenvalue weighted by Gasteiger charge is -2.19. The van der Waals surface area contributed by atoms with Crippen molar-refractivity contribution in [1.82, 2.24) is 5.32 Å². The van der Waals surface area contributed by atoms with Crippen LogP contribution in [0.25, 0.3) is 16.7 Å². The summed E-state index contributed by atoms with van der Waals surface area (Å²) in [5, 5.41) is 2.86. The van der Waals surface area contributed by atoms with Crippen LogP contribution in [0, 0.1) is 0 Å². The SMILES string of the molecule is CN1C(=O)C(c2ccc(-c3ccccc3)cc2)=C(CNC(=O)OCc2ccccc2)Cc2ccccc21. The van der Waals surface area contributed by atoms with E-state index in [1.165, 1.54) is 0 Å². The summed E-state index contributed by atoms with van der Waals surface area (Å²) < 4.78 is 5.41. The summed E-state index contributed by atoms with van der Waals surface area (Å²) in [6.45, 7) is 0.390. The van der Waals surface area contributed by atoms with Crippen LogP contribution in [0.15, 0.2) is 115 Å². The van der Waals surface area contributed by atoms with Crippen molar-refractivity contribution in [3.05, 3.63) is 131 Å². The molecule has 0 radical (unpaired) electrons. The Balaban J connectivity index is 1.43. The van der Waals surface area contributed by atoms with Gasteiger partial charge in [0, 0.05) is 24.9 Å². The quantitative estimate of drug-likeness (QED) is 0.349. The first-order chi connectivity index (χ1) is 18.1. The summed E-state index contributed by atoms with van der Waals surface area (Å²) in [7, 11) is 1.80. The Morgan fingerprint density at radius 2 is 1.38 bits per heavy atom. The molecule has 4 aromatic carbocycles. The van der Waals surface area contributed by atoms with Crippen LogP contribution in [-0.4, -0.2) is 25.6 Å². The highest BCUT2D eigenvalue weighted by atomic mass is 16.5. The van der Waals surface area contributed by atoms with Crippen molar-refractivity contribution in [2.24, 2.45) is 0 Å². The maximum atomic E-state index is 13.8. The number of fused-ring (bicyclic) bond motifs is 1. The normalized spacial score (nSPS) is 13.1. The molecule has 0 atom stereocenters.